The maximum absolute atomic E-state index is 12.8. The Hall–Kier alpha value is -1.93. The standard InChI is InChI=1S/C18H26N2O5S/c1-12(2)16(18(22)23)19-17(21)15-11-14(8-7-13(15)3)26(24,25)20-9-5-4-6-10-20/h7-8,11-12,16H,4-6,9-10H2,1-3H3,(H,19,21)(H,22,23)/t16-/m0/s1. The van der Waals surface area contributed by atoms with Crippen LogP contribution in [0.1, 0.15) is 49.0 Å². The van der Waals surface area contributed by atoms with Crippen molar-refractivity contribution < 1.29 is 23.1 Å². The first kappa shape index (κ1) is 20.4. The molecule has 0 bridgehead atoms. The van der Waals surface area contributed by atoms with Crippen LogP contribution in [0, 0.1) is 12.8 Å². The van der Waals surface area contributed by atoms with Gasteiger partial charge >= 0.3 is 5.97 Å². The summed E-state index contributed by atoms with van der Waals surface area (Å²) in [4.78, 5) is 23.9. The van der Waals surface area contributed by atoms with Gasteiger partial charge < -0.3 is 10.4 Å². The van der Waals surface area contributed by atoms with Crippen molar-refractivity contribution in [2.45, 2.75) is 51.0 Å². The Morgan fingerprint density at radius 3 is 2.31 bits per heavy atom. The molecule has 1 atom stereocenters. The van der Waals surface area contributed by atoms with E-state index in [0.717, 1.165) is 19.3 Å². The van der Waals surface area contributed by atoms with Crippen LogP contribution in [0.15, 0.2) is 23.1 Å². The lowest BCUT2D eigenvalue weighted by atomic mass is 10.0. The number of hydrogen-bond donors (Lipinski definition) is 2. The number of sulfonamides is 1. The summed E-state index contributed by atoms with van der Waals surface area (Å²) >= 11 is 0. The van der Waals surface area contributed by atoms with Crippen molar-refractivity contribution in [3.63, 3.8) is 0 Å². The Bertz CT molecular complexity index is 783. The molecule has 0 aliphatic carbocycles. The fraction of sp³-hybridized carbons (Fsp3) is 0.556. The zero-order chi connectivity index (χ0) is 19.5. The van der Waals surface area contributed by atoms with Crippen molar-refractivity contribution >= 4 is 21.9 Å². The summed E-state index contributed by atoms with van der Waals surface area (Å²) in [5.41, 5.74) is 0.767. The molecule has 1 fully saturated rings. The molecule has 2 N–H and O–H groups in total. The van der Waals surface area contributed by atoms with E-state index in [4.69, 9.17) is 0 Å². The smallest absolute Gasteiger partial charge is 0.326 e. The number of carboxylic acids is 1. The molecule has 1 amide bonds. The van der Waals surface area contributed by atoms with Gasteiger partial charge in [0.15, 0.2) is 0 Å². The van der Waals surface area contributed by atoms with Crippen LogP contribution >= 0.6 is 0 Å². The molecule has 1 aliphatic heterocycles. The van der Waals surface area contributed by atoms with E-state index in [0.29, 0.717) is 18.7 Å². The number of amides is 1. The van der Waals surface area contributed by atoms with E-state index in [1.165, 1.54) is 16.4 Å². The lowest BCUT2D eigenvalue weighted by molar-refractivity contribution is -0.140. The van der Waals surface area contributed by atoms with E-state index in [1.807, 2.05) is 0 Å². The van der Waals surface area contributed by atoms with Gasteiger partial charge in [0.1, 0.15) is 6.04 Å². The molecule has 26 heavy (non-hydrogen) atoms. The molecule has 8 heteroatoms. The van der Waals surface area contributed by atoms with Crippen LogP contribution in [0.5, 0.6) is 0 Å². The molecule has 7 nitrogen and oxygen atoms in total. The highest BCUT2D eigenvalue weighted by atomic mass is 32.2. The highest BCUT2D eigenvalue weighted by Gasteiger charge is 2.28. The summed E-state index contributed by atoms with van der Waals surface area (Å²) in [5.74, 6) is -2.00. The molecular formula is C18H26N2O5S. The second-order valence-electron chi connectivity index (χ2n) is 6.97. The quantitative estimate of drug-likeness (QED) is 0.783. The number of carboxylic acid groups (broad SMARTS) is 1. The van der Waals surface area contributed by atoms with Crippen LogP contribution in [0.4, 0.5) is 0 Å². The van der Waals surface area contributed by atoms with Gasteiger partial charge in [-0.15, -0.1) is 0 Å². The van der Waals surface area contributed by atoms with Crippen molar-refractivity contribution in [2.75, 3.05) is 13.1 Å². The first-order valence-corrected chi connectivity index (χ1v) is 10.2. The van der Waals surface area contributed by atoms with Gasteiger partial charge in [-0.05, 0) is 43.4 Å². The fourth-order valence-corrected chi connectivity index (χ4v) is 4.54. The molecule has 0 saturated carbocycles. The molecular weight excluding hydrogens is 356 g/mol. The van der Waals surface area contributed by atoms with Crippen molar-refractivity contribution in [3.8, 4) is 0 Å². The lowest BCUT2D eigenvalue weighted by Gasteiger charge is -2.26. The Morgan fingerprint density at radius 2 is 1.77 bits per heavy atom. The van der Waals surface area contributed by atoms with Crippen LogP contribution in [0.3, 0.4) is 0 Å². The number of benzene rings is 1. The maximum Gasteiger partial charge on any atom is 0.326 e. The summed E-state index contributed by atoms with van der Waals surface area (Å²) in [7, 11) is -3.66. The number of carbonyl (C=O) groups excluding carboxylic acids is 1. The Labute approximate surface area is 154 Å². The summed E-state index contributed by atoms with van der Waals surface area (Å²) in [6.07, 6.45) is 2.67. The van der Waals surface area contributed by atoms with E-state index >= 15 is 0 Å². The summed E-state index contributed by atoms with van der Waals surface area (Å²) in [5, 5.41) is 11.7. The van der Waals surface area contributed by atoms with Gasteiger partial charge in [0.05, 0.1) is 4.90 Å². The average Bonchev–Trinajstić information content (AvgIpc) is 2.59. The molecule has 1 aromatic carbocycles. The minimum Gasteiger partial charge on any atom is -0.480 e. The molecule has 0 aromatic heterocycles. The Kier molecular flexibility index (Phi) is 6.41. The first-order chi connectivity index (χ1) is 12.1. The molecule has 144 valence electrons. The van der Waals surface area contributed by atoms with Crippen molar-refractivity contribution in [1.29, 1.82) is 0 Å². The maximum atomic E-state index is 12.8. The highest BCUT2D eigenvalue weighted by molar-refractivity contribution is 7.89. The Balaban J connectivity index is 2.31. The number of nitrogens with zero attached hydrogens (tertiary/aromatic N) is 1. The highest BCUT2D eigenvalue weighted by Crippen LogP contribution is 2.23. The van der Waals surface area contributed by atoms with Gasteiger partial charge in [0.2, 0.25) is 10.0 Å². The molecule has 2 rings (SSSR count). The third-order valence-corrected chi connectivity index (χ3v) is 6.52. The minimum atomic E-state index is -3.66. The summed E-state index contributed by atoms with van der Waals surface area (Å²) in [6, 6.07) is 3.38. The van der Waals surface area contributed by atoms with Crippen LogP contribution in [0.2, 0.25) is 0 Å². The molecule has 1 aliphatic rings. The first-order valence-electron chi connectivity index (χ1n) is 8.79. The normalized spacial score (nSPS) is 17.1. The Morgan fingerprint density at radius 1 is 1.15 bits per heavy atom. The lowest BCUT2D eigenvalue weighted by Crippen LogP contribution is -2.44. The number of nitrogens with one attached hydrogen (secondary N) is 1. The summed E-state index contributed by atoms with van der Waals surface area (Å²) < 4.78 is 27.1. The predicted molar refractivity (Wildman–Crippen MR) is 97.5 cm³/mol. The van der Waals surface area contributed by atoms with Crippen molar-refractivity contribution in [3.05, 3.63) is 29.3 Å². The number of aryl methyl sites for hydroxylation is 1. The second kappa shape index (κ2) is 8.18. The monoisotopic (exact) mass is 382 g/mol. The van der Waals surface area contributed by atoms with Gasteiger partial charge in [-0.2, -0.15) is 4.31 Å². The predicted octanol–water partition coefficient (Wildman–Crippen LogP) is 2.01. The van der Waals surface area contributed by atoms with Crippen LogP contribution in [0.25, 0.3) is 0 Å². The zero-order valence-corrected chi connectivity index (χ0v) is 16.2. The van der Waals surface area contributed by atoms with E-state index in [9.17, 15) is 23.1 Å². The average molecular weight is 382 g/mol. The molecule has 0 unspecified atom stereocenters. The largest absolute Gasteiger partial charge is 0.480 e. The number of aliphatic carboxylic acids is 1. The number of piperidine rings is 1. The molecule has 0 spiro atoms. The van der Waals surface area contributed by atoms with E-state index in [1.54, 1.807) is 26.8 Å². The molecule has 1 saturated heterocycles. The second-order valence-corrected chi connectivity index (χ2v) is 8.91. The number of hydrogen-bond acceptors (Lipinski definition) is 4. The number of carbonyl (C=O) groups is 2. The van der Waals surface area contributed by atoms with Gasteiger partial charge in [0, 0.05) is 18.7 Å². The summed E-state index contributed by atoms with van der Waals surface area (Å²) in [6.45, 7) is 6.04. The topological polar surface area (TPSA) is 104 Å². The number of rotatable bonds is 6. The van der Waals surface area contributed by atoms with Gasteiger partial charge in [-0.25, -0.2) is 13.2 Å². The van der Waals surface area contributed by atoms with Crippen LogP contribution < -0.4 is 5.32 Å². The third-order valence-electron chi connectivity index (χ3n) is 4.63. The third kappa shape index (κ3) is 4.42. The van der Waals surface area contributed by atoms with E-state index in [-0.39, 0.29) is 16.4 Å². The van der Waals surface area contributed by atoms with E-state index < -0.39 is 27.9 Å². The van der Waals surface area contributed by atoms with Crippen molar-refractivity contribution in [1.82, 2.24) is 9.62 Å². The minimum absolute atomic E-state index is 0.0616. The van der Waals surface area contributed by atoms with Gasteiger partial charge in [-0.3, -0.25) is 4.79 Å². The SMILES string of the molecule is Cc1ccc(S(=O)(=O)N2CCCCC2)cc1C(=O)N[C@H](C(=O)O)C(C)C. The molecule has 1 aromatic rings. The fourth-order valence-electron chi connectivity index (χ4n) is 2.99. The van der Waals surface area contributed by atoms with Gasteiger partial charge in [-0.1, -0.05) is 26.3 Å². The van der Waals surface area contributed by atoms with Crippen LogP contribution in [-0.4, -0.2) is 48.8 Å². The zero-order valence-electron chi connectivity index (χ0n) is 15.4. The van der Waals surface area contributed by atoms with E-state index in [2.05, 4.69) is 5.32 Å². The molecule has 1 heterocycles. The van der Waals surface area contributed by atoms with Gasteiger partial charge in [0.25, 0.3) is 5.91 Å². The van der Waals surface area contributed by atoms with Crippen molar-refractivity contribution in [2.24, 2.45) is 5.92 Å². The van der Waals surface area contributed by atoms with Crippen LogP contribution in [-0.2, 0) is 14.8 Å². The molecule has 0 radical (unpaired) electrons.